The van der Waals surface area contributed by atoms with Crippen molar-refractivity contribution in [2.24, 2.45) is 5.92 Å². The summed E-state index contributed by atoms with van der Waals surface area (Å²) in [6.45, 7) is 4.41. The van der Waals surface area contributed by atoms with E-state index in [-0.39, 0.29) is 0 Å². The smallest absolute Gasteiger partial charge is 0.170 e. The molecule has 0 atom stereocenters. The molecule has 2 rings (SSSR count). The van der Waals surface area contributed by atoms with Crippen LogP contribution < -0.4 is 5.73 Å². The number of hydrogen-bond acceptors (Lipinski definition) is 3. The van der Waals surface area contributed by atoms with Crippen LogP contribution in [-0.2, 0) is 6.42 Å². The lowest BCUT2D eigenvalue weighted by molar-refractivity contribution is 0.319. The SMILES string of the molecule is CC(C)Cc1c(N)noc1C1CCCCC1. The summed E-state index contributed by atoms with van der Waals surface area (Å²) >= 11 is 0. The first-order chi connectivity index (χ1) is 7.68. The van der Waals surface area contributed by atoms with Crippen LogP contribution in [0.4, 0.5) is 5.82 Å². The van der Waals surface area contributed by atoms with Gasteiger partial charge in [0.2, 0.25) is 0 Å². The Morgan fingerprint density at radius 2 is 2.00 bits per heavy atom. The summed E-state index contributed by atoms with van der Waals surface area (Å²) in [6, 6.07) is 0. The molecule has 1 saturated carbocycles. The fourth-order valence-electron chi connectivity index (χ4n) is 2.63. The highest BCUT2D eigenvalue weighted by molar-refractivity contribution is 5.42. The van der Waals surface area contributed by atoms with E-state index in [1.54, 1.807) is 0 Å². The van der Waals surface area contributed by atoms with E-state index < -0.39 is 0 Å². The Bertz CT molecular complexity index is 338. The molecule has 0 amide bonds. The largest absolute Gasteiger partial charge is 0.381 e. The Morgan fingerprint density at radius 3 is 2.62 bits per heavy atom. The number of rotatable bonds is 3. The van der Waals surface area contributed by atoms with Gasteiger partial charge in [-0.05, 0) is 25.2 Å². The molecule has 1 aliphatic carbocycles. The number of aromatic nitrogens is 1. The Hall–Kier alpha value is -0.990. The molecule has 2 N–H and O–H groups in total. The highest BCUT2D eigenvalue weighted by Crippen LogP contribution is 2.36. The second-order valence-corrected chi connectivity index (χ2v) is 5.34. The summed E-state index contributed by atoms with van der Waals surface area (Å²) in [7, 11) is 0. The molecule has 16 heavy (non-hydrogen) atoms. The maximum atomic E-state index is 5.89. The number of nitrogens with two attached hydrogens (primary N) is 1. The molecular weight excluding hydrogens is 200 g/mol. The molecule has 1 heterocycles. The molecule has 0 aliphatic heterocycles. The fraction of sp³-hybridized carbons (Fsp3) is 0.769. The second-order valence-electron chi connectivity index (χ2n) is 5.34. The van der Waals surface area contributed by atoms with Crippen molar-refractivity contribution in [3.8, 4) is 0 Å². The molecule has 0 spiro atoms. The quantitative estimate of drug-likeness (QED) is 0.851. The monoisotopic (exact) mass is 222 g/mol. The lowest BCUT2D eigenvalue weighted by Crippen LogP contribution is -2.08. The van der Waals surface area contributed by atoms with Gasteiger partial charge in [0.25, 0.3) is 0 Å². The van der Waals surface area contributed by atoms with E-state index in [2.05, 4.69) is 19.0 Å². The Morgan fingerprint density at radius 1 is 1.31 bits per heavy atom. The van der Waals surface area contributed by atoms with Gasteiger partial charge in [-0.3, -0.25) is 0 Å². The average molecular weight is 222 g/mol. The van der Waals surface area contributed by atoms with Gasteiger partial charge in [0, 0.05) is 11.5 Å². The third-order valence-electron chi connectivity index (χ3n) is 3.44. The molecule has 0 aromatic carbocycles. The number of nitrogens with zero attached hydrogens (tertiary/aromatic N) is 1. The molecule has 3 nitrogen and oxygen atoms in total. The van der Waals surface area contributed by atoms with Crippen molar-refractivity contribution < 1.29 is 4.52 Å². The van der Waals surface area contributed by atoms with Crippen molar-refractivity contribution >= 4 is 5.82 Å². The van der Waals surface area contributed by atoms with Gasteiger partial charge in [-0.25, -0.2) is 0 Å². The van der Waals surface area contributed by atoms with Gasteiger partial charge in [-0.15, -0.1) is 0 Å². The summed E-state index contributed by atoms with van der Waals surface area (Å²) in [5.74, 6) is 2.84. The van der Waals surface area contributed by atoms with Crippen LogP contribution in [-0.4, -0.2) is 5.16 Å². The zero-order valence-electron chi connectivity index (χ0n) is 10.3. The van der Waals surface area contributed by atoms with Gasteiger partial charge in [-0.1, -0.05) is 38.3 Å². The van der Waals surface area contributed by atoms with Crippen LogP contribution in [0.1, 0.15) is 63.2 Å². The zero-order valence-corrected chi connectivity index (χ0v) is 10.3. The Balaban J connectivity index is 2.18. The zero-order chi connectivity index (χ0) is 11.5. The molecule has 3 heteroatoms. The van der Waals surface area contributed by atoms with E-state index in [0.29, 0.717) is 17.7 Å². The highest BCUT2D eigenvalue weighted by Gasteiger charge is 2.24. The molecule has 1 fully saturated rings. The second kappa shape index (κ2) is 4.89. The van der Waals surface area contributed by atoms with E-state index in [1.165, 1.54) is 37.7 Å². The minimum atomic E-state index is 0.562. The van der Waals surface area contributed by atoms with Gasteiger partial charge in [-0.2, -0.15) is 0 Å². The summed E-state index contributed by atoms with van der Waals surface area (Å²) in [6.07, 6.45) is 7.44. The number of nitrogen functional groups attached to an aromatic ring is 1. The number of anilines is 1. The van der Waals surface area contributed by atoms with Crippen LogP contribution in [0.15, 0.2) is 4.52 Å². The van der Waals surface area contributed by atoms with Crippen molar-refractivity contribution in [3.63, 3.8) is 0 Å². The van der Waals surface area contributed by atoms with Crippen LogP contribution in [0.3, 0.4) is 0 Å². The maximum Gasteiger partial charge on any atom is 0.170 e. The summed E-state index contributed by atoms with van der Waals surface area (Å²) in [4.78, 5) is 0. The summed E-state index contributed by atoms with van der Waals surface area (Å²) < 4.78 is 5.46. The lowest BCUT2D eigenvalue weighted by Gasteiger charge is -2.20. The molecule has 90 valence electrons. The molecule has 1 aromatic heterocycles. The molecular formula is C13H22N2O. The minimum Gasteiger partial charge on any atom is -0.381 e. The molecule has 1 aliphatic rings. The molecule has 0 unspecified atom stereocenters. The predicted molar refractivity (Wildman–Crippen MR) is 65.3 cm³/mol. The third-order valence-corrected chi connectivity index (χ3v) is 3.44. The van der Waals surface area contributed by atoms with Gasteiger partial charge >= 0.3 is 0 Å². The maximum absolute atomic E-state index is 5.89. The standard InChI is InChI=1S/C13H22N2O/c1-9(2)8-11-12(16-15-13(11)14)10-6-4-3-5-7-10/h9-10H,3-8H2,1-2H3,(H2,14,15). The minimum absolute atomic E-state index is 0.562. The van der Waals surface area contributed by atoms with Gasteiger partial charge in [0.15, 0.2) is 5.82 Å². The van der Waals surface area contributed by atoms with E-state index in [9.17, 15) is 0 Å². The Labute approximate surface area is 97.4 Å². The molecule has 1 aromatic rings. The number of hydrogen-bond donors (Lipinski definition) is 1. The van der Waals surface area contributed by atoms with Gasteiger partial charge < -0.3 is 10.3 Å². The summed E-state index contributed by atoms with van der Waals surface area (Å²) in [5.41, 5.74) is 7.06. The predicted octanol–water partition coefficient (Wildman–Crippen LogP) is 3.50. The summed E-state index contributed by atoms with van der Waals surface area (Å²) in [5, 5.41) is 3.95. The van der Waals surface area contributed by atoms with E-state index in [0.717, 1.165) is 12.2 Å². The van der Waals surface area contributed by atoms with Gasteiger partial charge in [0.05, 0.1) is 0 Å². The van der Waals surface area contributed by atoms with Crippen molar-refractivity contribution in [2.45, 2.75) is 58.3 Å². The van der Waals surface area contributed by atoms with Crippen LogP contribution >= 0.6 is 0 Å². The Kier molecular flexibility index (Phi) is 3.52. The molecule has 0 saturated heterocycles. The van der Waals surface area contributed by atoms with Crippen LogP contribution in [0.25, 0.3) is 0 Å². The topological polar surface area (TPSA) is 52.0 Å². The first-order valence-electron chi connectivity index (χ1n) is 6.42. The van der Waals surface area contributed by atoms with Crippen molar-refractivity contribution in [1.82, 2.24) is 5.16 Å². The van der Waals surface area contributed by atoms with Crippen molar-refractivity contribution in [2.75, 3.05) is 5.73 Å². The molecule has 0 bridgehead atoms. The van der Waals surface area contributed by atoms with Crippen molar-refractivity contribution in [1.29, 1.82) is 0 Å². The first-order valence-corrected chi connectivity index (χ1v) is 6.42. The highest BCUT2D eigenvalue weighted by atomic mass is 16.5. The average Bonchev–Trinajstić information content (AvgIpc) is 2.61. The van der Waals surface area contributed by atoms with Crippen LogP contribution in [0.5, 0.6) is 0 Å². The fourth-order valence-corrected chi connectivity index (χ4v) is 2.63. The van der Waals surface area contributed by atoms with Gasteiger partial charge in [0.1, 0.15) is 5.76 Å². The van der Waals surface area contributed by atoms with E-state index >= 15 is 0 Å². The first kappa shape index (κ1) is 11.5. The third kappa shape index (κ3) is 2.39. The van der Waals surface area contributed by atoms with Crippen LogP contribution in [0.2, 0.25) is 0 Å². The van der Waals surface area contributed by atoms with Crippen LogP contribution in [0, 0.1) is 5.92 Å². The normalized spacial score (nSPS) is 18.2. The van der Waals surface area contributed by atoms with E-state index in [1.807, 2.05) is 0 Å². The lowest BCUT2D eigenvalue weighted by atomic mass is 9.85. The molecule has 0 radical (unpaired) electrons. The van der Waals surface area contributed by atoms with E-state index in [4.69, 9.17) is 10.3 Å². The van der Waals surface area contributed by atoms with Crippen molar-refractivity contribution in [3.05, 3.63) is 11.3 Å².